The van der Waals surface area contributed by atoms with Gasteiger partial charge in [0, 0.05) is 0 Å². The van der Waals surface area contributed by atoms with Gasteiger partial charge in [-0.05, 0) is 12.1 Å². The maximum Gasteiger partial charge on any atom is 0.238 e. The summed E-state index contributed by atoms with van der Waals surface area (Å²) in [5, 5.41) is 8.77. The van der Waals surface area contributed by atoms with E-state index < -0.39 is 8.27 Å². The molecule has 6 heteroatoms. The molecule has 0 aliphatic rings. The van der Waals surface area contributed by atoms with E-state index in [1.165, 1.54) is 18.2 Å². The van der Waals surface area contributed by atoms with Gasteiger partial charge in [0.2, 0.25) is 8.27 Å². The molecule has 1 aromatic carbocycles. The van der Waals surface area contributed by atoms with Crippen LogP contribution >= 0.6 is 26.4 Å². The molecule has 13 heavy (non-hydrogen) atoms. The SMILES string of the molecule is N#Cc1c(Cl)cccc1S(=O)(=O)Br. The van der Waals surface area contributed by atoms with Crippen molar-refractivity contribution < 1.29 is 8.42 Å². The summed E-state index contributed by atoms with van der Waals surface area (Å²) in [4.78, 5) is -0.109. The predicted molar refractivity (Wildman–Crippen MR) is 52.3 cm³/mol. The zero-order valence-electron chi connectivity index (χ0n) is 6.16. The van der Waals surface area contributed by atoms with Gasteiger partial charge in [0.25, 0.3) is 0 Å². The summed E-state index contributed by atoms with van der Waals surface area (Å²) in [6.07, 6.45) is 0. The second-order valence-electron chi connectivity index (χ2n) is 2.16. The molecule has 0 fully saturated rings. The molecule has 0 aliphatic heterocycles. The molecule has 0 radical (unpaired) electrons. The van der Waals surface area contributed by atoms with Gasteiger partial charge in [0.15, 0.2) is 0 Å². The van der Waals surface area contributed by atoms with E-state index in [0.29, 0.717) is 0 Å². The van der Waals surface area contributed by atoms with Crippen LogP contribution < -0.4 is 0 Å². The first-order chi connectivity index (χ1) is 5.96. The lowest BCUT2D eigenvalue weighted by Crippen LogP contribution is -1.94. The van der Waals surface area contributed by atoms with Crippen LogP contribution in [0.2, 0.25) is 5.02 Å². The lowest BCUT2D eigenvalue weighted by Gasteiger charge is -2.00. The summed E-state index contributed by atoms with van der Waals surface area (Å²) in [5.74, 6) is 0. The highest BCUT2D eigenvalue weighted by molar-refractivity contribution is 9.47. The van der Waals surface area contributed by atoms with Crippen molar-refractivity contribution in [3.05, 3.63) is 28.8 Å². The largest absolute Gasteiger partial charge is 0.238 e. The lowest BCUT2D eigenvalue weighted by atomic mass is 10.2. The van der Waals surface area contributed by atoms with Gasteiger partial charge < -0.3 is 0 Å². The highest BCUT2D eigenvalue weighted by atomic mass is 79.9. The molecule has 1 rings (SSSR count). The average molecular weight is 281 g/mol. The molecule has 68 valence electrons. The van der Waals surface area contributed by atoms with Crippen LogP contribution in [0.4, 0.5) is 0 Å². The standard InChI is InChI=1S/C7H3BrClNO2S/c8-13(11,12)7-3-1-2-6(9)5(7)4-10/h1-3H. The number of halogens is 2. The molecule has 3 nitrogen and oxygen atoms in total. The summed E-state index contributed by atoms with van der Waals surface area (Å²) in [5.41, 5.74) is -0.0407. The first kappa shape index (κ1) is 10.5. The Morgan fingerprint density at radius 2 is 2.08 bits per heavy atom. The first-order valence-electron chi connectivity index (χ1n) is 3.10. The van der Waals surface area contributed by atoms with Crippen LogP contribution in [-0.4, -0.2) is 8.42 Å². The third-order valence-electron chi connectivity index (χ3n) is 1.35. The monoisotopic (exact) mass is 279 g/mol. The van der Waals surface area contributed by atoms with Gasteiger partial charge in [-0.2, -0.15) is 5.26 Å². The molecule has 0 saturated heterocycles. The Morgan fingerprint density at radius 3 is 2.46 bits per heavy atom. The number of rotatable bonds is 1. The van der Waals surface area contributed by atoms with E-state index >= 15 is 0 Å². The van der Waals surface area contributed by atoms with Gasteiger partial charge in [0.05, 0.1) is 30.3 Å². The summed E-state index contributed by atoms with van der Waals surface area (Å²) >= 11 is 8.10. The first-order valence-corrected chi connectivity index (χ1v) is 6.80. The molecule has 0 saturated carbocycles. The Labute approximate surface area is 88.1 Å². The normalized spacial score (nSPS) is 10.8. The zero-order chi connectivity index (χ0) is 10.1. The van der Waals surface area contributed by atoms with Crippen molar-refractivity contribution in [3.63, 3.8) is 0 Å². The van der Waals surface area contributed by atoms with Gasteiger partial charge in [-0.25, -0.2) is 8.42 Å². The molecule has 0 spiro atoms. The van der Waals surface area contributed by atoms with Crippen molar-refractivity contribution in [1.82, 2.24) is 0 Å². The molecule has 0 unspecified atom stereocenters. The summed E-state index contributed by atoms with van der Waals surface area (Å²) in [6, 6.07) is 5.97. The second-order valence-corrected chi connectivity index (χ2v) is 6.44. The molecule has 0 amide bonds. The van der Waals surface area contributed by atoms with Crippen molar-refractivity contribution >= 4 is 34.7 Å². The van der Waals surface area contributed by atoms with E-state index in [2.05, 4.69) is 14.8 Å². The Kier molecular flexibility index (Phi) is 2.96. The van der Waals surface area contributed by atoms with Crippen LogP contribution in [0.5, 0.6) is 0 Å². The van der Waals surface area contributed by atoms with E-state index in [-0.39, 0.29) is 15.5 Å². The van der Waals surface area contributed by atoms with Crippen LogP contribution in [0.3, 0.4) is 0 Å². The van der Waals surface area contributed by atoms with Crippen LogP contribution in [0, 0.1) is 11.3 Å². The minimum Gasteiger partial charge on any atom is -0.212 e. The van der Waals surface area contributed by atoms with E-state index in [1.54, 1.807) is 6.07 Å². The van der Waals surface area contributed by atoms with Gasteiger partial charge in [-0.3, -0.25) is 0 Å². The van der Waals surface area contributed by atoms with Crippen molar-refractivity contribution in [2.45, 2.75) is 4.90 Å². The van der Waals surface area contributed by atoms with Gasteiger partial charge in [-0.1, -0.05) is 17.7 Å². The summed E-state index contributed by atoms with van der Waals surface area (Å²) < 4.78 is 22.1. The predicted octanol–water partition coefficient (Wildman–Crippen LogP) is 2.30. The highest BCUT2D eigenvalue weighted by Crippen LogP contribution is 2.26. The van der Waals surface area contributed by atoms with Crippen LogP contribution in [-0.2, 0) is 8.27 Å². The fourth-order valence-electron chi connectivity index (χ4n) is 0.816. The maximum atomic E-state index is 11.1. The minimum absolute atomic E-state index is 0.0407. The van der Waals surface area contributed by atoms with Crippen LogP contribution in [0.25, 0.3) is 0 Å². The smallest absolute Gasteiger partial charge is 0.212 e. The third-order valence-corrected chi connectivity index (χ3v) is 3.58. The Hall–Kier alpha value is -0.570. The Bertz CT molecular complexity index is 478. The van der Waals surface area contributed by atoms with Gasteiger partial charge >= 0.3 is 0 Å². The summed E-state index contributed by atoms with van der Waals surface area (Å²) in [7, 11) is -3.56. The molecule has 0 heterocycles. The lowest BCUT2D eigenvalue weighted by molar-refractivity contribution is 0.611. The Morgan fingerprint density at radius 1 is 1.46 bits per heavy atom. The van der Waals surface area contributed by atoms with E-state index in [4.69, 9.17) is 16.9 Å². The van der Waals surface area contributed by atoms with Crippen molar-refractivity contribution in [1.29, 1.82) is 5.26 Å². The topological polar surface area (TPSA) is 57.9 Å². The number of hydrogen-bond donors (Lipinski definition) is 0. The van der Waals surface area contributed by atoms with E-state index in [1.807, 2.05) is 0 Å². The quantitative estimate of drug-likeness (QED) is 0.742. The number of nitriles is 1. The van der Waals surface area contributed by atoms with Crippen LogP contribution in [0.1, 0.15) is 5.56 Å². The van der Waals surface area contributed by atoms with Crippen molar-refractivity contribution in [2.75, 3.05) is 0 Å². The third kappa shape index (κ3) is 2.21. The highest BCUT2D eigenvalue weighted by Gasteiger charge is 2.16. The molecule has 0 bridgehead atoms. The summed E-state index contributed by atoms with van der Waals surface area (Å²) in [6.45, 7) is 0. The van der Waals surface area contributed by atoms with Crippen molar-refractivity contribution in [3.8, 4) is 6.07 Å². The number of benzene rings is 1. The second kappa shape index (κ2) is 3.66. The molecule has 0 atom stereocenters. The number of nitrogens with zero attached hydrogens (tertiary/aromatic N) is 1. The van der Waals surface area contributed by atoms with E-state index in [0.717, 1.165) is 0 Å². The zero-order valence-corrected chi connectivity index (χ0v) is 9.32. The molecule has 0 aliphatic carbocycles. The number of hydrogen-bond acceptors (Lipinski definition) is 3. The molecule has 0 aromatic heterocycles. The minimum atomic E-state index is -3.56. The van der Waals surface area contributed by atoms with Gasteiger partial charge in [-0.15, -0.1) is 0 Å². The average Bonchev–Trinajstić information content (AvgIpc) is 2.02. The Balaban J connectivity index is 3.59. The van der Waals surface area contributed by atoms with Crippen LogP contribution in [0.15, 0.2) is 23.1 Å². The fraction of sp³-hybridized carbons (Fsp3) is 0. The molecule has 0 N–H and O–H groups in total. The maximum absolute atomic E-state index is 11.1. The van der Waals surface area contributed by atoms with E-state index in [9.17, 15) is 8.42 Å². The van der Waals surface area contributed by atoms with Gasteiger partial charge in [0.1, 0.15) is 6.07 Å². The fourth-order valence-corrected chi connectivity index (χ4v) is 2.54. The van der Waals surface area contributed by atoms with Crippen molar-refractivity contribution in [2.24, 2.45) is 0 Å². The molecular formula is C7H3BrClNO2S. The molecular weight excluding hydrogens is 278 g/mol. The molecule has 1 aromatic rings.